The average molecular weight is 376 g/mol. The van der Waals surface area contributed by atoms with E-state index in [1.807, 2.05) is 20.8 Å². The molecule has 0 unspecified atom stereocenters. The molecule has 2 fully saturated rings. The fourth-order valence-electron chi connectivity index (χ4n) is 4.01. The molecule has 1 atom stereocenters. The zero-order valence-corrected chi connectivity index (χ0v) is 16.3. The molecule has 0 aliphatic carbocycles. The highest BCUT2D eigenvalue weighted by molar-refractivity contribution is 6.07. The smallest absolute Gasteiger partial charge is 0.325 e. The largest absolute Gasteiger partial charge is 0.455 e. The van der Waals surface area contributed by atoms with Crippen LogP contribution in [0.4, 0.5) is 4.79 Å². The molecule has 8 nitrogen and oxygen atoms in total. The third-order valence-electron chi connectivity index (χ3n) is 5.52. The van der Waals surface area contributed by atoms with Crippen molar-refractivity contribution in [3.63, 3.8) is 0 Å². The van der Waals surface area contributed by atoms with Crippen LogP contribution in [0.25, 0.3) is 0 Å². The van der Waals surface area contributed by atoms with Gasteiger partial charge >= 0.3 is 6.03 Å². The molecule has 3 rings (SSSR count). The molecule has 4 amide bonds. The Labute approximate surface area is 158 Å². The Morgan fingerprint density at radius 3 is 2.52 bits per heavy atom. The maximum absolute atomic E-state index is 13.1. The van der Waals surface area contributed by atoms with Gasteiger partial charge in [0.15, 0.2) is 5.76 Å². The van der Waals surface area contributed by atoms with Crippen LogP contribution in [0.1, 0.15) is 62.4 Å². The highest BCUT2D eigenvalue weighted by Crippen LogP contribution is 2.35. The Hall–Kier alpha value is -2.35. The van der Waals surface area contributed by atoms with Crippen LogP contribution in [-0.2, 0) is 16.8 Å². The summed E-state index contributed by atoms with van der Waals surface area (Å²) in [5.74, 6) is -0.243. The molecule has 0 aromatic carbocycles. The summed E-state index contributed by atoms with van der Waals surface area (Å²) >= 11 is 0. The number of rotatable bonds is 4. The lowest BCUT2D eigenvalue weighted by molar-refractivity contribution is -0.133. The molecule has 148 valence electrons. The van der Waals surface area contributed by atoms with Gasteiger partial charge in [-0.05, 0) is 44.8 Å². The van der Waals surface area contributed by atoms with E-state index in [9.17, 15) is 14.4 Å². The van der Waals surface area contributed by atoms with Crippen molar-refractivity contribution in [1.82, 2.24) is 15.5 Å². The molecular formula is C19H28N4O4. The van der Waals surface area contributed by atoms with E-state index in [0.29, 0.717) is 11.3 Å². The van der Waals surface area contributed by atoms with Crippen LogP contribution in [0.2, 0.25) is 0 Å². The predicted molar refractivity (Wildman–Crippen MR) is 99.0 cm³/mol. The summed E-state index contributed by atoms with van der Waals surface area (Å²) in [6.07, 6.45) is 1.67. The minimum atomic E-state index is -0.905. The van der Waals surface area contributed by atoms with E-state index in [2.05, 4.69) is 10.6 Å². The van der Waals surface area contributed by atoms with Crippen LogP contribution >= 0.6 is 0 Å². The zero-order valence-electron chi connectivity index (χ0n) is 16.3. The molecule has 1 aromatic rings. The van der Waals surface area contributed by atoms with E-state index in [4.69, 9.17) is 10.2 Å². The number of hydrogen-bond donors (Lipinski definition) is 3. The maximum atomic E-state index is 13.1. The maximum Gasteiger partial charge on any atom is 0.325 e. The topological polar surface area (TPSA) is 118 Å². The summed E-state index contributed by atoms with van der Waals surface area (Å²) in [6.45, 7) is 9.33. The summed E-state index contributed by atoms with van der Waals surface area (Å²) in [5, 5.41) is 6.17. The number of hydrogen-bond acceptors (Lipinski definition) is 5. The van der Waals surface area contributed by atoms with Gasteiger partial charge in [-0.1, -0.05) is 20.8 Å². The fraction of sp³-hybridized carbons (Fsp3) is 0.632. The molecule has 4 N–H and O–H groups in total. The van der Waals surface area contributed by atoms with Gasteiger partial charge in [-0.2, -0.15) is 0 Å². The van der Waals surface area contributed by atoms with Gasteiger partial charge in [-0.25, -0.2) is 4.79 Å². The Balaban J connectivity index is 1.89. The first-order valence-electron chi connectivity index (χ1n) is 9.32. The van der Waals surface area contributed by atoms with E-state index >= 15 is 0 Å². The van der Waals surface area contributed by atoms with Crippen molar-refractivity contribution >= 4 is 17.8 Å². The van der Waals surface area contributed by atoms with Crippen LogP contribution in [-0.4, -0.2) is 41.4 Å². The average Bonchev–Trinajstić information content (AvgIpc) is 3.12. The molecule has 27 heavy (non-hydrogen) atoms. The third kappa shape index (κ3) is 3.45. The molecule has 0 bridgehead atoms. The van der Waals surface area contributed by atoms with Gasteiger partial charge in [0, 0.05) is 11.0 Å². The van der Waals surface area contributed by atoms with Crippen molar-refractivity contribution in [2.24, 2.45) is 11.7 Å². The number of nitrogens with two attached hydrogens (primary N) is 1. The summed E-state index contributed by atoms with van der Waals surface area (Å²) < 4.78 is 5.64. The van der Waals surface area contributed by atoms with Crippen molar-refractivity contribution in [2.75, 3.05) is 13.1 Å². The third-order valence-corrected chi connectivity index (χ3v) is 5.52. The first-order chi connectivity index (χ1) is 12.5. The number of carbonyl (C=O) groups excluding carboxylic acids is 3. The van der Waals surface area contributed by atoms with Crippen molar-refractivity contribution in [3.05, 3.63) is 23.2 Å². The lowest BCUT2D eigenvalue weighted by Crippen LogP contribution is -2.53. The summed E-state index contributed by atoms with van der Waals surface area (Å²) in [7, 11) is 0. The van der Waals surface area contributed by atoms with Crippen LogP contribution in [0, 0.1) is 5.92 Å². The van der Waals surface area contributed by atoms with Gasteiger partial charge < -0.3 is 20.8 Å². The van der Waals surface area contributed by atoms with Gasteiger partial charge in [0.05, 0.1) is 6.54 Å². The molecule has 2 aliphatic rings. The standard InChI is InChI=1S/C19H28N4O4/c1-18(2,3)14-11(9-13(27-14)15(20)24)10-23-16(25)19(4,22-17(23)26)12-5-7-21-8-6-12/h9,12,21H,5-8,10H2,1-4H3,(H2,20,24)(H,22,26)/t19-/m0/s1. The molecule has 2 aliphatic heterocycles. The monoisotopic (exact) mass is 376 g/mol. The minimum absolute atomic E-state index is 0.0306. The first kappa shape index (κ1) is 19.4. The second-order valence-electron chi connectivity index (χ2n) is 8.63. The number of furan rings is 1. The number of amides is 4. The van der Waals surface area contributed by atoms with Crippen molar-refractivity contribution in [2.45, 2.75) is 58.0 Å². The fourth-order valence-corrected chi connectivity index (χ4v) is 4.01. The number of nitrogens with one attached hydrogen (secondary N) is 2. The lowest BCUT2D eigenvalue weighted by Gasteiger charge is -2.34. The molecule has 0 radical (unpaired) electrons. The molecule has 0 spiro atoms. The Morgan fingerprint density at radius 2 is 1.96 bits per heavy atom. The number of imide groups is 1. The van der Waals surface area contributed by atoms with Gasteiger partial charge in [-0.15, -0.1) is 0 Å². The van der Waals surface area contributed by atoms with E-state index in [0.717, 1.165) is 25.9 Å². The van der Waals surface area contributed by atoms with Crippen LogP contribution in [0.5, 0.6) is 0 Å². The van der Waals surface area contributed by atoms with Gasteiger partial charge in [0.25, 0.3) is 11.8 Å². The minimum Gasteiger partial charge on any atom is -0.455 e. The van der Waals surface area contributed by atoms with E-state index in [1.54, 1.807) is 6.92 Å². The van der Waals surface area contributed by atoms with Crippen LogP contribution in [0.15, 0.2) is 10.5 Å². The lowest BCUT2D eigenvalue weighted by atomic mass is 9.79. The Kier molecular flexibility index (Phi) is 4.80. The summed E-state index contributed by atoms with van der Waals surface area (Å²) in [4.78, 5) is 38.5. The summed E-state index contributed by atoms with van der Waals surface area (Å²) in [5.41, 5.74) is 4.66. The van der Waals surface area contributed by atoms with Gasteiger partial charge in [-0.3, -0.25) is 14.5 Å². The number of carbonyl (C=O) groups is 3. The van der Waals surface area contributed by atoms with E-state index in [1.165, 1.54) is 11.0 Å². The molecule has 1 aromatic heterocycles. The number of nitrogens with zero attached hydrogens (tertiary/aromatic N) is 1. The van der Waals surface area contributed by atoms with Gasteiger partial charge in [0.2, 0.25) is 0 Å². The van der Waals surface area contributed by atoms with E-state index in [-0.39, 0.29) is 24.1 Å². The molecule has 2 saturated heterocycles. The summed E-state index contributed by atoms with van der Waals surface area (Å²) in [6, 6.07) is 1.12. The highest BCUT2D eigenvalue weighted by atomic mass is 16.4. The van der Waals surface area contributed by atoms with Crippen LogP contribution < -0.4 is 16.4 Å². The van der Waals surface area contributed by atoms with Crippen molar-refractivity contribution in [1.29, 1.82) is 0 Å². The molecule has 8 heteroatoms. The predicted octanol–water partition coefficient (Wildman–Crippen LogP) is 1.49. The number of piperidine rings is 1. The number of primary amides is 1. The molecular weight excluding hydrogens is 348 g/mol. The number of urea groups is 1. The first-order valence-corrected chi connectivity index (χ1v) is 9.32. The SMILES string of the molecule is CC(C)(C)c1oc(C(N)=O)cc1CN1C(=O)N[C@@](C)(C2CCNCC2)C1=O. The zero-order chi connectivity index (χ0) is 20.0. The second kappa shape index (κ2) is 6.67. The van der Waals surface area contributed by atoms with Gasteiger partial charge in [0.1, 0.15) is 11.3 Å². The second-order valence-corrected chi connectivity index (χ2v) is 8.63. The molecule has 3 heterocycles. The molecule has 0 saturated carbocycles. The Bertz CT molecular complexity index is 773. The Morgan fingerprint density at radius 1 is 1.33 bits per heavy atom. The van der Waals surface area contributed by atoms with Crippen molar-refractivity contribution < 1.29 is 18.8 Å². The van der Waals surface area contributed by atoms with Crippen molar-refractivity contribution in [3.8, 4) is 0 Å². The van der Waals surface area contributed by atoms with Crippen LogP contribution in [0.3, 0.4) is 0 Å². The van der Waals surface area contributed by atoms with E-state index < -0.39 is 22.9 Å². The normalized spacial score (nSPS) is 24.4. The highest BCUT2D eigenvalue weighted by Gasteiger charge is 2.52. The quantitative estimate of drug-likeness (QED) is 0.688.